The molecule has 0 fully saturated rings. The van der Waals surface area contributed by atoms with Crippen molar-refractivity contribution in [2.24, 2.45) is 0 Å². The first kappa shape index (κ1) is 11.4. The number of methoxy groups -OCH3 is 1. The maximum absolute atomic E-state index is 13.4. The molecule has 4 heteroatoms. The molecule has 1 aromatic heterocycles. The molecule has 1 heterocycles. The van der Waals surface area contributed by atoms with Gasteiger partial charge in [-0.3, -0.25) is 4.98 Å². The predicted molar refractivity (Wildman–Crippen MR) is 64.5 cm³/mol. The topological polar surface area (TPSA) is 34.1 Å². The maximum Gasteiger partial charge on any atom is 0.165 e. The van der Waals surface area contributed by atoms with Crippen LogP contribution in [0.15, 0.2) is 42.7 Å². The van der Waals surface area contributed by atoms with Crippen LogP contribution in [0.1, 0.15) is 5.56 Å². The molecular weight excluding hydrogens is 219 g/mol. The number of hydrogen-bond acceptors (Lipinski definition) is 3. The molecule has 0 aliphatic heterocycles. The maximum atomic E-state index is 13.4. The Morgan fingerprint density at radius 2 is 2.24 bits per heavy atom. The van der Waals surface area contributed by atoms with Gasteiger partial charge in [0.05, 0.1) is 12.8 Å². The molecule has 2 aromatic rings. The van der Waals surface area contributed by atoms with Gasteiger partial charge in [-0.2, -0.15) is 0 Å². The van der Waals surface area contributed by atoms with E-state index in [2.05, 4.69) is 10.3 Å². The van der Waals surface area contributed by atoms with Gasteiger partial charge < -0.3 is 10.1 Å². The molecular formula is C13H13FN2O. The van der Waals surface area contributed by atoms with Crippen LogP contribution in [0.3, 0.4) is 0 Å². The van der Waals surface area contributed by atoms with E-state index < -0.39 is 0 Å². The van der Waals surface area contributed by atoms with Crippen molar-refractivity contribution in [1.29, 1.82) is 0 Å². The van der Waals surface area contributed by atoms with E-state index in [-0.39, 0.29) is 11.6 Å². The largest absolute Gasteiger partial charge is 0.494 e. The van der Waals surface area contributed by atoms with Gasteiger partial charge in [0.2, 0.25) is 0 Å². The van der Waals surface area contributed by atoms with Crippen LogP contribution in [0.4, 0.5) is 10.1 Å². The van der Waals surface area contributed by atoms with Gasteiger partial charge >= 0.3 is 0 Å². The van der Waals surface area contributed by atoms with E-state index >= 15 is 0 Å². The quantitative estimate of drug-likeness (QED) is 0.880. The van der Waals surface area contributed by atoms with Crippen LogP contribution in [0.25, 0.3) is 0 Å². The highest BCUT2D eigenvalue weighted by Crippen LogP contribution is 2.18. The second-order valence-electron chi connectivity index (χ2n) is 3.56. The lowest BCUT2D eigenvalue weighted by Gasteiger charge is -2.07. The van der Waals surface area contributed by atoms with Crippen LogP contribution >= 0.6 is 0 Å². The van der Waals surface area contributed by atoms with Crippen molar-refractivity contribution in [3.05, 3.63) is 54.1 Å². The predicted octanol–water partition coefficient (Wildman–Crippen LogP) is 2.84. The monoisotopic (exact) mass is 232 g/mol. The Bertz CT molecular complexity index is 488. The third-order valence-electron chi connectivity index (χ3n) is 2.37. The molecule has 0 saturated heterocycles. The number of ether oxygens (including phenoxy) is 1. The third kappa shape index (κ3) is 2.93. The van der Waals surface area contributed by atoms with Gasteiger partial charge in [-0.1, -0.05) is 6.07 Å². The minimum atomic E-state index is -0.349. The Kier molecular flexibility index (Phi) is 3.55. The summed E-state index contributed by atoms with van der Waals surface area (Å²) in [6.45, 7) is 0.548. The summed E-state index contributed by atoms with van der Waals surface area (Å²) < 4.78 is 18.3. The second-order valence-corrected chi connectivity index (χ2v) is 3.56. The van der Waals surface area contributed by atoms with Gasteiger partial charge in [0.25, 0.3) is 0 Å². The first-order valence-corrected chi connectivity index (χ1v) is 5.26. The highest BCUT2D eigenvalue weighted by atomic mass is 19.1. The molecule has 1 aromatic carbocycles. The SMILES string of the molecule is COc1ccc(CNc2cccnc2)cc1F. The van der Waals surface area contributed by atoms with Crippen LogP contribution in [0.5, 0.6) is 5.75 Å². The molecule has 3 nitrogen and oxygen atoms in total. The number of pyridine rings is 1. The van der Waals surface area contributed by atoms with Gasteiger partial charge in [0.1, 0.15) is 0 Å². The standard InChI is InChI=1S/C13H13FN2O/c1-17-13-5-4-10(7-12(13)14)8-16-11-3-2-6-15-9-11/h2-7,9,16H,8H2,1H3. The summed E-state index contributed by atoms with van der Waals surface area (Å²) in [5.41, 5.74) is 1.76. The zero-order chi connectivity index (χ0) is 12.1. The number of benzene rings is 1. The molecule has 0 aliphatic carbocycles. The summed E-state index contributed by atoms with van der Waals surface area (Å²) in [6, 6.07) is 8.66. The molecule has 0 unspecified atom stereocenters. The number of hydrogen-bond donors (Lipinski definition) is 1. The summed E-state index contributed by atoms with van der Waals surface area (Å²) in [6.07, 6.45) is 3.43. The van der Waals surface area contributed by atoms with Crippen LogP contribution in [0, 0.1) is 5.82 Å². The third-order valence-corrected chi connectivity index (χ3v) is 2.37. The van der Waals surface area contributed by atoms with Gasteiger partial charge in [0.15, 0.2) is 11.6 Å². The molecule has 0 amide bonds. The molecule has 0 saturated carbocycles. The summed E-state index contributed by atoms with van der Waals surface area (Å²) in [5, 5.41) is 3.16. The average Bonchev–Trinajstić information content (AvgIpc) is 2.38. The Morgan fingerprint density at radius 1 is 1.35 bits per heavy atom. The fourth-order valence-electron chi connectivity index (χ4n) is 1.49. The second kappa shape index (κ2) is 5.30. The van der Waals surface area contributed by atoms with Gasteiger partial charge in [-0.05, 0) is 29.8 Å². The van der Waals surface area contributed by atoms with Gasteiger partial charge in [-0.15, -0.1) is 0 Å². The van der Waals surface area contributed by atoms with E-state index in [0.717, 1.165) is 11.3 Å². The molecule has 88 valence electrons. The van der Waals surface area contributed by atoms with E-state index in [1.54, 1.807) is 18.5 Å². The minimum Gasteiger partial charge on any atom is -0.494 e. The highest BCUT2D eigenvalue weighted by Gasteiger charge is 2.03. The number of anilines is 1. The van der Waals surface area contributed by atoms with Crippen molar-refractivity contribution in [3.63, 3.8) is 0 Å². The fraction of sp³-hybridized carbons (Fsp3) is 0.154. The summed E-state index contributed by atoms with van der Waals surface area (Å²) >= 11 is 0. The normalized spacial score (nSPS) is 10.0. The summed E-state index contributed by atoms with van der Waals surface area (Å²) in [5.74, 6) is -0.0897. The number of nitrogens with zero attached hydrogens (tertiary/aromatic N) is 1. The van der Waals surface area contributed by atoms with Crippen LogP contribution in [-0.4, -0.2) is 12.1 Å². The first-order valence-electron chi connectivity index (χ1n) is 5.26. The zero-order valence-corrected chi connectivity index (χ0v) is 9.48. The number of halogens is 1. The van der Waals surface area contributed by atoms with E-state index in [1.807, 2.05) is 18.2 Å². The lowest BCUT2D eigenvalue weighted by molar-refractivity contribution is 0.386. The van der Waals surface area contributed by atoms with Crippen molar-refractivity contribution in [1.82, 2.24) is 4.98 Å². The van der Waals surface area contributed by atoms with E-state index in [1.165, 1.54) is 13.2 Å². The number of nitrogens with one attached hydrogen (secondary N) is 1. The Balaban J connectivity index is 2.02. The van der Waals surface area contributed by atoms with Crippen LogP contribution in [0.2, 0.25) is 0 Å². The van der Waals surface area contributed by atoms with E-state index in [0.29, 0.717) is 6.54 Å². The number of aromatic nitrogens is 1. The molecule has 17 heavy (non-hydrogen) atoms. The molecule has 0 aliphatic rings. The molecule has 0 bridgehead atoms. The summed E-state index contributed by atoms with van der Waals surface area (Å²) in [4.78, 5) is 3.99. The fourth-order valence-corrected chi connectivity index (χ4v) is 1.49. The van der Waals surface area contributed by atoms with Gasteiger partial charge in [-0.25, -0.2) is 4.39 Å². The Labute approximate surface area is 99.3 Å². The van der Waals surface area contributed by atoms with E-state index in [9.17, 15) is 4.39 Å². The molecule has 0 spiro atoms. The zero-order valence-electron chi connectivity index (χ0n) is 9.48. The Hall–Kier alpha value is -2.10. The van der Waals surface area contributed by atoms with Crippen LogP contribution in [-0.2, 0) is 6.54 Å². The van der Waals surface area contributed by atoms with Crippen LogP contribution < -0.4 is 10.1 Å². The van der Waals surface area contributed by atoms with Crippen molar-refractivity contribution in [3.8, 4) is 5.75 Å². The molecule has 1 N–H and O–H groups in total. The van der Waals surface area contributed by atoms with Crippen molar-refractivity contribution < 1.29 is 9.13 Å². The van der Waals surface area contributed by atoms with Crippen molar-refractivity contribution in [2.45, 2.75) is 6.54 Å². The lowest BCUT2D eigenvalue weighted by Crippen LogP contribution is -2.00. The first-order chi connectivity index (χ1) is 8.29. The average molecular weight is 232 g/mol. The summed E-state index contributed by atoms with van der Waals surface area (Å²) in [7, 11) is 1.45. The van der Waals surface area contributed by atoms with E-state index in [4.69, 9.17) is 4.74 Å². The Morgan fingerprint density at radius 3 is 2.88 bits per heavy atom. The molecule has 0 atom stereocenters. The van der Waals surface area contributed by atoms with Crippen molar-refractivity contribution >= 4 is 5.69 Å². The lowest BCUT2D eigenvalue weighted by atomic mass is 10.2. The minimum absolute atomic E-state index is 0.259. The smallest absolute Gasteiger partial charge is 0.165 e. The molecule has 0 radical (unpaired) electrons. The van der Waals surface area contributed by atoms with Gasteiger partial charge in [0, 0.05) is 18.9 Å². The molecule has 2 rings (SSSR count). The van der Waals surface area contributed by atoms with Crippen molar-refractivity contribution in [2.75, 3.05) is 12.4 Å². The number of rotatable bonds is 4. The highest BCUT2D eigenvalue weighted by molar-refractivity contribution is 5.41.